The normalized spacial score (nSPS) is 11.6. The average Bonchev–Trinajstić information content (AvgIpc) is 3.68. The first-order chi connectivity index (χ1) is 20.0. The van der Waals surface area contributed by atoms with Crippen molar-refractivity contribution in [1.82, 2.24) is 0 Å². The second-order valence-electron chi connectivity index (χ2n) is 10.3. The number of rotatable bonds is 4. The van der Waals surface area contributed by atoms with E-state index >= 15 is 0 Å². The molecule has 3 aromatic carbocycles. The monoisotopic (exact) mass is 677 g/mol. The molecule has 6 aromatic rings. The van der Waals surface area contributed by atoms with E-state index in [1.54, 1.807) is 54.8 Å². The molecule has 0 aliphatic heterocycles. The van der Waals surface area contributed by atoms with Crippen LogP contribution >= 0.6 is 49.9 Å². The van der Waals surface area contributed by atoms with Crippen molar-refractivity contribution in [1.29, 1.82) is 5.26 Å². The molecule has 0 saturated heterocycles. The lowest BCUT2D eigenvalue weighted by Gasteiger charge is -2.21. The van der Waals surface area contributed by atoms with Gasteiger partial charge in [0.1, 0.15) is 5.60 Å². The summed E-state index contributed by atoms with van der Waals surface area (Å²) in [5, 5.41) is 27.4. The standard InChI is InChI=1S/C15H15NO2S.C10H8O2S.C8H5BrS/c1-15(2,3)18-14(17)12(9-16)10-4-5-13-11(8-10)6-7-19-13;11-10(12)6-7-1-2-9-8(5-7)3-4-13-9;9-7-1-2-8-6(5-7)3-4-10-8/h4-8,12H,1-3H3;1-5H,6H2,(H,11,12);1-5H. The third-order valence-corrected chi connectivity index (χ3v) is 9.05. The number of hydrogen-bond donors (Lipinski definition) is 1. The van der Waals surface area contributed by atoms with Crippen molar-refractivity contribution >= 4 is 92.1 Å². The van der Waals surface area contributed by atoms with Gasteiger partial charge in [0.2, 0.25) is 0 Å². The highest BCUT2D eigenvalue weighted by atomic mass is 79.9. The summed E-state index contributed by atoms with van der Waals surface area (Å²) in [7, 11) is 0. The van der Waals surface area contributed by atoms with Gasteiger partial charge in [-0.3, -0.25) is 9.59 Å². The smallest absolute Gasteiger partial charge is 0.328 e. The number of fused-ring (bicyclic) bond motifs is 3. The molecule has 0 spiro atoms. The van der Waals surface area contributed by atoms with Crippen LogP contribution in [0.25, 0.3) is 30.3 Å². The highest BCUT2D eigenvalue weighted by Gasteiger charge is 2.26. The highest BCUT2D eigenvalue weighted by Crippen LogP contribution is 2.27. The zero-order chi connectivity index (χ0) is 30.3. The second-order valence-corrected chi connectivity index (χ2v) is 14.0. The van der Waals surface area contributed by atoms with E-state index in [2.05, 4.69) is 45.6 Å². The van der Waals surface area contributed by atoms with Crippen LogP contribution in [0, 0.1) is 11.3 Å². The number of thiophene rings is 3. The van der Waals surface area contributed by atoms with Crippen LogP contribution in [0.2, 0.25) is 0 Å². The molecule has 0 aliphatic rings. The van der Waals surface area contributed by atoms with E-state index in [0.717, 1.165) is 25.5 Å². The number of carbonyl (C=O) groups excluding carboxylic acids is 1. The van der Waals surface area contributed by atoms with Crippen molar-refractivity contribution in [2.45, 2.75) is 38.7 Å². The molecule has 0 bridgehead atoms. The number of carboxylic acids is 1. The second kappa shape index (κ2) is 14.1. The number of nitrogens with zero attached hydrogens (tertiary/aromatic N) is 1. The number of ether oxygens (including phenoxy) is 1. The summed E-state index contributed by atoms with van der Waals surface area (Å²) in [4.78, 5) is 22.5. The van der Waals surface area contributed by atoms with Crippen molar-refractivity contribution in [3.63, 3.8) is 0 Å². The van der Waals surface area contributed by atoms with E-state index in [1.807, 2.05) is 65.4 Å². The topological polar surface area (TPSA) is 87.4 Å². The minimum atomic E-state index is -0.872. The molecule has 0 amide bonds. The van der Waals surface area contributed by atoms with Gasteiger partial charge in [-0.15, -0.1) is 34.0 Å². The number of esters is 1. The molecule has 9 heteroatoms. The van der Waals surface area contributed by atoms with Gasteiger partial charge >= 0.3 is 11.9 Å². The Balaban J connectivity index is 0.000000153. The Morgan fingerprint density at radius 2 is 1.36 bits per heavy atom. The fraction of sp³-hybridized carbons (Fsp3) is 0.182. The molecule has 3 aromatic heterocycles. The van der Waals surface area contributed by atoms with Crippen LogP contribution in [0.5, 0.6) is 0 Å². The summed E-state index contributed by atoms with van der Waals surface area (Å²) in [6, 6.07) is 25.9. The SMILES string of the molecule is Brc1ccc2sccc2c1.CC(C)(C)OC(=O)C(C#N)c1ccc2sccc2c1.O=C(O)Cc1ccc2sccc2c1. The van der Waals surface area contributed by atoms with E-state index in [9.17, 15) is 14.9 Å². The van der Waals surface area contributed by atoms with Gasteiger partial charge in [-0.2, -0.15) is 5.26 Å². The minimum absolute atomic E-state index is 0.103. The van der Waals surface area contributed by atoms with E-state index in [-0.39, 0.29) is 6.42 Å². The van der Waals surface area contributed by atoms with Crippen molar-refractivity contribution in [2.75, 3.05) is 0 Å². The van der Waals surface area contributed by atoms with Crippen molar-refractivity contribution < 1.29 is 19.4 Å². The Bertz CT molecular complexity index is 1870. The van der Waals surface area contributed by atoms with Crippen LogP contribution in [0.3, 0.4) is 0 Å². The molecular weight excluding hydrogens is 650 g/mol. The number of aliphatic carboxylic acids is 1. The van der Waals surface area contributed by atoms with Gasteiger partial charge in [0.25, 0.3) is 0 Å². The Hall–Kier alpha value is -3.55. The summed E-state index contributed by atoms with van der Waals surface area (Å²) < 4.78 is 10.1. The maximum Gasteiger partial charge on any atom is 0.328 e. The summed E-state index contributed by atoms with van der Waals surface area (Å²) in [5.41, 5.74) is 0.958. The molecule has 0 aliphatic carbocycles. The van der Waals surface area contributed by atoms with Crippen LogP contribution in [-0.4, -0.2) is 22.6 Å². The van der Waals surface area contributed by atoms with Gasteiger partial charge in [0, 0.05) is 18.6 Å². The molecule has 1 atom stereocenters. The van der Waals surface area contributed by atoms with Gasteiger partial charge in [-0.1, -0.05) is 28.1 Å². The number of halogens is 1. The number of nitriles is 1. The lowest BCUT2D eigenvalue weighted by Crippen LogP contribution is -2.27. The highest BCUT2D eigenvalue weighted by molar-refractivity contribution is 9.10. The number of hydrogen-bond acceptors (Lipinski definition) is 7. The Labute approximate surface area is 264 Å². The molecule has 1 unspecified atom stereocenters. The molecule has 1 N–H and O–H groups in total. The predicted octanol–water partition coefficient (Wildman–Crippen LogP) is 10.0. The van der Waals surface area contributed by atoms with Crippen LogP contribution in [0.15, 0.2) is 93.4 Å². The van der Waals surface area contributed by atoms with Gasteiger partial charge in [-0.05, 0) is 125 Å². The Morgan fingerprint density at radius 3 is 1.90 bits per heavy atom. The van der Waals surface area contributed by atoms with Crippen LogP contribution in [0.1, 0.15) is 37.8 Å². The largest absolute Gasteiger partial charge is 0.481 e. The van der Waals surface area contributed by atoms with Crippen LogP contribution < -0.4 is 0 Å². The number of benzene rings is 3. The molecule has 6 rings (SSSR count). The molecule has 0 saturated carbocycles. The maximum absolute atomic E-state index is 12.0. The third kappa shape index (κ3) is 8.73. The van der Waals surface area contributed by atoms with Crippen molar-refractivity contribution in [3.05, 3.63) is 105 Å². The lowest BCUT2D eigenvalue weighted by molar-refractivity contribution is -0.155. The molecule has 0 radical (unpaired) electrons. The third-order valence-electron chi connectivity index (χ3n) is 5.87. The number of carbonyl (C=O) groups is 2. The van der Waals surface area contributed by atoms with Crippen LogP contribution in [-0.2, 0) is 20.7 Å². The summed E-state index contributed by atoms with van der Waals surface area (Å²) in [5.74, 6) is -2.15. The van der Waals surface area contributed by atoms with E-state index < -0.39 is 23.5 Å². The van der Waals surface area contributed by atoms with E-state index in [0.29, 0.717) is 5.56 Å². The molecular formula is C33H28BrNO4S3. The minimum Gasteiger partial charge on any atom is -0.481 e. The maximum atomic E-state index is 12.0. The predicted molar refractivity (Wildman–Crippen MR) is 179 cm³/mol. The van der Waals surface area contributed by atoms with Gasteiger partial charge < -0.3 is 9.84 Å². The van der Waals surface area contributed by atoms with Gasteiger partial charge in [0.15, 0.2) is 5.92 Å². The molecule has 42 heavy (non-hydrogen) atoms. The quantitative estimate of drug-likeness (QED) is 0.188. The fourth-order valence-electron chi connectivity index (χ4n) is 4.03. The first kappa shape index (κ1) is 31.4. The first-order valence-corrected chi connectivity index (χ1v) is 16.4. The van der Waals surface area contributed by atoms with Crippen LogP contribution in [0.4, 0.5) is 0 Å². The van der Waals surface area contributed by atoms with Gasteiger partial charge in [-0.25, -0.2) is 0 Å². The van der Waals surface area contributed by atoms with E-state index in [4.69, 9.17) is 9.84 Å². The first-order valence-electron chi connectivity index (χ1n) is 12.9. The summed E-state index contributed by atoms with van der Waals surface area (Å²) in [6.07, 6.45) is 0.103. The zero-order valence-electron chi connectivity index (χ0n) is 23.2. The van der Waals surface area contributed by atoms with Crippen molar-refractivity contribution in [3.8, 4) is 6.07 Å². The molecule has 5 nitrogen and oxygen atoms in total. The number of carboxylic acid groups (broad SMARTS) is 1. The fourth-order valence-corrected chi connectivity index (χ4v) is 6.72. The summed E-state index contributed by atoms with van der Waals surface area (Å²) in [6.45, 7) is 5.38. The summed E-state index contributed by atoms with van der Waals surface area (Å²) >= 11 is 8.50. The van der Waals surface area contributed by atoms with Gasteiger partial charge in [0.05, 0.1) is 12.5 Å². The average molecular weight is 679 g/mol. The van der Waals surface area contributed by atoms with Crippen molar-refractivity contribution in [2.24, 2.45) is 0 Å². The molecule has 0 fully saturated rings. The molecule has 214 valence electrons. The van der Waals surface area contributed by atoms with E-state index in [1.165, 1.54) is 14.8 Å². The zero-order valence-corrected chi connectivity index (χ0v) is 27.2. The Morgan fingerprint density at radius 1 is 0.833 bits per heavy atom. The Kier molecular flexibility index (Phi) is 10.5. The lowest BCUT2D eigenvalue weighted by atomic mass is 9.99. The molecule has 3 heterocycles.